The van der Waals surface area contributed by atoms with Gasteiger partial charge in [0, 0.05) is 44.6 Å². The molecule has 0 aromatic carbocycles. The van der Waals surface area contributed by atoms with E-state index in [1.165, 1.54) is 5.56 Å². The van der Waals surface area contributed by atoms with Crippen LogP contribution in [0.1, 0.15) is 31.2 Å². The Hall–Kier alpha value is -1.66. The molecule has 2 saturated heterocycles. The molecular weight excluding hydrogens is 304 g/mol. The highest BCUT2D eigenvalue weighted by Gasteiger charge is 2.30. The zero-order valence-corrected chi connectivity index (χ0v) is 14.2. The molecule has 6 nitrogen and oxygen atoms in total. The van der Waals surface area contributed by atoms with E-state index < -0.39 is 0 Å². The molecule has 132 valence electrons. The van der Waals surface area contributed by atoms with Crippen molar-refractivity contribution in [3.63, 3.8) is 0 Å². The maximum absolute atomic E-state index is 12.4. The molecule has 2 N–H and O–H groups in total. The molecule has 1 aromatic rings. The fraction of sp³-hybridized carbons (Fsp3) is 0.667. The van der Waals surface area contributed by atoms with Crippen LogP contribution in [-0.2, 0) is 6.42 Å². The number of carbonyl (C=O) groups is 1. The Labute approximate surface area is 143 Å². The van der Waals surface area contributed by atoms with Crippen LogP contribution >= 0.6 is 0 Å². The monoisotopic (exact) mass is 332 g/mol. The van der Waals surface area contributed by atoms with Crippen LogP contribution in [0.25, 0.3) is 0 Å². The van der Waals surface area contributed by atoms with Gasteiger partial charge in [-0.05, 0) is 49.8 Å². The number of carbonyl (C=O) groups excluding carboxylic acids is 1. The van der Waals surface area contributed by atoms with Gasteiger partial charge in [-0.15, -0.1) is 0 Å². The third-order valence-electron chi connectivity index (χ3n) is 5.23. The number of hydrogen-bond donors (Lipinski definition) is 2. The van der Waals surface area contributed by atoms with Crippen LogP contribution in [0.5, 0.6) is 0 Å². The van der Waals surface area contributed by atoms with Crippen molar-refractivity contribution in [1.29, 1.82) is 0 Å². The van der Waals surface area contributed by atoms with Gasteiger partial charge in [-0.2, -0.15) is 0 Å². The number of nitrogens with zero attached hydrogens (tertiary/aromatic N) is 3. The summed E-state index contributed by atoms with van der Waals surface area (Å²) in [4.78, 5) is 20.7. The van der Waals surface area contributed by atoms with Gasteiger partial charge in [-0.25, -0.2) is 4.79 Å². The van der Waals surface area contributed by atoms with Gasteiger partial charge in [0.15, 0.2) is 0 Å². The average molecular weight is 332 g/mol. The summed E-state index contributed by atoms with van der Waals surface area (Å²) in [6, 6.07) is 4.41. The van der Waals surface area contributed by atoms with Crippen molar-refractivity contribution >= 4 is 6.03 Å². The molecule has 0 radical (unpaired) electrons. The summed E-state index contributed by atoms with van der Waals surface area (Å²) in [5, 5.41) is 12.5. The van der Waals surface area contributed by atoms with E-state index in [0.717, 1.165) is 58.3 Å². The zero-order valence-electron chi connectivity index (χ0n) is 14.2. The smallest absolute Gasteiger partial charge is 0.317 e. The number of hydrogen-bond acceptors (Lipinski definition) is 4. The van der Waals surface area contributed by atoms with Gasteiger partial charge in [-0.1, -0.05) is 0 Å². The summed E-state index contributed by atoms with van der Waals surface area (Å²) >= 11 is 0. The molecule has 2 amide bonds. The summed E-state index contributed by atoms with van der Waals surface area (Å²) in [6.07, 6.45) is 8.64. The second kappa shape index (κ2) is 8.44. The van der Waals surface area contributed by atoms with Crippen LogP contribution in [0.15, 0.2) is 24.5 Å². The number of urea groups is 1. The van der Waals surface area contributed by atoms with Crippen molar-refractivity contribution in [2.75, 3.05) is 32.8 Å². The largest absolute Gasteiger partial charge is 0.394 e. The Morgan fingerprint density at radius 1 is 1.21 bits per heavy atom. The lowest BCUT2D eigenvalue weighted by Gasteiger charge is -2.34. The predicted molar refractivity (Wildman–Crippen MR) is 92.7 cm³/mol. The SMILES string of the molecule is O=C(NC1CCN(CCc2ccncc2)CC1)N1CCCC1CO. The highest BCUT2D eigenvalue weighted by molar-refractivity contribution is 5.75. The van der Waals surface area contributed by atoms with Gasteiger partial charge in [0.2, 0.25) is 0 Å². The summed E-state index contributed by atoms with van der Waals surface area (Å²) in [5.74, 6) is 0. The Kier molecular flexibility index (Phi) is 6.04. The van der Waals surface area contributed by atoms with Gasteiger partial charge in [0.1, 0.15) is 0 Å². The normalized spacial score (nSPS) is 22.7. The van der Waals surface area contributed by atoms with Crippen LogP contribution in [0.3, 0.4) is 0 Å². The van der Waals surface area contributed by atoms with E-state index in [1.807, 2.05) is 12.4 Å². The highest BCUT2D eigenvalue weighted by atomic mass is 16.3. The lowest BCUT2D eigenvalue weighted by atomic mass is 10.0. The van der Waals surface area contributed by atoms with Crippen molar-refractivity contribution in [1.82, 2.24) is 20.1 Å². The Balaban J connectivity index is 1.38. The van der Waals surface area contributed by atoms with Gasteiger partial charge < -0.3 is 20.2 Å². The lowest BCUT2D eigenvalue weighted by Crippen LogP contribution is -2.51. The molecule has 1 atom stereocenters. The van der Waals surface area contributed by atoms with Crippen molar-refractivity contribution in [3.8, 4) is 0 Å². The number of pyridine rings is 1. The van der Waals surface area contributed by atoms with Crippen molar-refractivity contribution in [2.24, 2.45) is 0 Å². The molecule has 0 bridgehead atoms. The molecule has 2 aliphatic rings. The summed E-state index contributed by atoms with van der Waals surface area (Å²) in [6.45, 7) is 3.95. The Morgan fingerprint density at radius 2 is 1.96 bits per heavy atom. The van der Waals surface area contributed by atoms with E-state index in [0.29, 0.717) is 0 Å². The van der Waals surface area contributed by atoms with Crippen LogP contribution in [0.4, 0.5) is 4.79 Å². The van der Waals surface area contributed by atoms with Gasteiger partial charge in [-0.3, -0.25) is 4.98 Å². The van der Waals surface area contributed by atoms with E-state index in [2.05, 4.69) is 27.3 Å². The molecule has 0 saturated carbocycles. The quantitative estimate of drug-likeness (QED) is 0.852. The maximum atomic E-state index is 12.4. The first-order chi connectivity index (χ1) is 11.8. The Morgan fingerprint density at radius 3 is 2.67 bits per heavy atom. The summed E-state index contributed by atoms with van der Waals surface area (Å²) in [7, 11) is 0. The predicted octanol–water partition coefficient (Wildman–Crippen LogP) is 1.25. The van der Waals surface area contributed by atoms with Crippen LogP contribution in [0.2, 0.25) is 0 Å². The fourth-order valence-electron chi connectivity index (χ4n) is 3.69. The van der Waals surface area contributed by atoms with Gasteiger partial charge in [0.05, 0.1) is 12.6 Å². The Bertz CT molecular complexity index is 517. The zero-order chi connectivity index (χ0) is 16.8. The second-order valence-electron chi connectivity index (χ2n) is 6.84. The van der Waals surface area contributed by atoms with Crippen molar-refractivity contribution in [2.45, 2.75) is 44.2 Å². The van der Waals surface area contributed by atoms with Crippen molar-refractivity contribution < 1.29 is 9.90 Å². The van der Waals surface area contributed by atoms with E-state index in [4.69, 9.17) is 0 Å². The summed E-state index contributed by atoms with van der Waals surface area (Å²) < 4.78 is 0. The molecular formula is C18H28N4O2. The van der Waals surface area contributed by atoms with Crippen LogP contribution < -0.4 is 5.32 Å². The number of piperidine rings is 1. The molecule has 3 rings (SSSR count). The standard InChI is InChI=1S/C18H28N4O2/c23-14-17-2-1-10-22(17)18(24)20-16-6-12-21(13-7-16)11-5-15-3-8-19-9-4-15/h3-4,8-9,16-17,23H,1-2,5-7,10-14H2,(H,20,24). The minimum atomic E-state index is 0.00165. The number of nitrogens with one attached hydrogen (secondary N) is 1. The van der Waals surface area contributed by atoms with Crippen LogP contribution in [-0.4, -0.2) is 70.8 Å². The van der Waals surface area contributed by atoms with Crippen LogP contribution in [0, 0.1) is 0 Å². The minimum absolute atomic E-state index is 0.00165. The van der Waals surface area contributed by atoms with E-state index >= 15 is 0 Å². The molecule has 1 unspecified atom stereocenters. The van der Waals surface area contributed by atoms with Gasteiger partial charge >= 0.3 is 6.03 Å². The maximum Gasteiger partial charge on any atom is 0.317 e. The molecule has 2 aliphatic heterocycles. The fourth-order valence-corrected chi connectivity index (χ4v) is 3.69. The molecule has 3 heterocycles. The number of aromatic nitrogens is 1. The molecule has 6 heteroatoms. The number of rotatable bonds is 5. The van der Waals surface area contributed by atoms with Gasteiger partial charge in [0.25, 0.3) is 0 Å². The molecule has 1 aromatic heterocycles. The highest BCUT2D eigenvalue weighted by Crippen LogP contribution is 2.18. The van der Waals surface area contributed by atoms with E-state index in [-0.39, 0.29) is 24.7 Å². The molecule has 0 aliphatic carbocycles. The summed E-state index contributed by atoms with van der Waals surface area (Å²) in [5.41, 5.74) is 1.32. The number of aliphatic hydroxyl groups is 1. The number of amides is 2. The molecule has 24 heavy (non-hydrogen) atoms. The topological polar surface area (TPSA) is 68.7 Å². The van der Waals surface area contributed by atoms with E-state index in [1.54, 1.807) is 4.90 Å². The third kappa shape index (κ3) is 4.45. The third-order valence-corrected chi connectivity index (χ3v) is 5.23. The minimum Gasteiger partial charge on any atom is -0.394 e. The number of likely N-dealkylation sites (tertiary alicyclic amines) is 2. The first-order valence-electron chi connectivity index (χ1n) is 9.05. The average Bonchev–Trinajstić information content (AvgIpc) is 3.11. The van der Waals surface area contributed by atoms with Crippen molar-refractivity contribution in [3.05, 3.63) is 30.1 Å². The second-order valence-corrected chi connectivity index (χ2v) is 6.84. The lowest BCUT2D eigenvalue weighted by molar-refractivity contribution is 0.146. The van der Waals surface area contributed by atoms with E-state index in [9.17, 15) is 9.90 Å². The number of aliphatic hydroxyl groups excluding tert-OH is 1. The first kappa shape index (κ1) is 17.2. The molecule has 2 fully saturated rings. The first-order valence-corrected chi connectivity index (χ1v) is 9.05. The molecule has 0 spiro atoms.